The second-order valence-corrected chi connectivity index (χ2v) is 8.58. The monoisotopic (exact) mass is 521 g/mol. The predicted octanol–water partition coefficient (Wildman–Crippen LogP) is 4.74. The lowest BCUT2D eigenvalue weighted by atomic mass is 10.1. The summed E-state index contributed by atoms with van der Waals surface area (Å²) in [7, 11) is 0. The summed E-state index contributed by atoms with van der Waals surface area (Å²) in [5.41, 5.74) is -4.18. The van der Waals surface area contributed by atoms with Gasteiger partial charge in [-0.05, 0) is 35.9 Å². The van der Waals surface area contributed by atoms with Crippen LogP contribution in [0.25, 0.3) is 27.5 Å². The molecular weight excluding hydrogens is 509 g/mol. The SMILES string of the molecule is O=C(O)c1c(-n2c(=O)[nH]c3cscc3c2=O)c2cc(C(F)(F)F)ccc2n1Cc1ccc(F)c(F)c1. The molecule has 0 saturated carbocycles. The Morgan fingerprint density at radius 3 is 2.42 bits per heavy atom. The number of carbonyl (C=O) groups is 1. The summed E-state index contributed by atoms with van der Waals surface area (Å²) in [6.07, 6.45) is -4.81. The van der Waals surface area contributed by atoms with E-state index in [9.17, 15) is 41.4 Å². The molecule has 13 heteroatoms. The number of benzene rings is 2. The predicted molar refractivity (Wildman–Crippen MR) is 121 cm³/mol. The highest BCUT2D eigenvalue weighted by Gasteiger charge is 2.33. The number of alkyl halides is 3. The lowest BCUT2D eigenvalue weighted by Gasteiger charge is -2.10. The molecule has 3 heterocycles. The highest BCUT2D eigenvalue weighted by Crippen LogP contribution is 2.36. The number of fused-ring (bicyclic) bond motifs is 2. The molecule has 0 aliphatic rings. The van der Waals surface area contributed by atoms with Gasteiger partial charge < -0.3 is 14.7 Å². The van der Waals surface area contributed by atoms with E-state index < -0.39 is 58.5 Å². The smallest absolute Gasteiger partial charge is 0.416 e. The lowest BCUT2D eigenvalue weighted by Crippen LogP contribution is -2.34. The molecule has 5 rings (SSSR count). The fourth-order valence-electron chi connectivity index (χ4n) is 4.09. The zero-order chi connectivity index (χ0) is 25.9. The van der Waals surface area contributed by atoms with Gasteiger partial charge in [-0.1, -0.05) is 6.07 Å². The molecule has 2 N–H and O–H groups in total. The van der Waals surface area contributed by atoms with Crippen LogP contribution in [0.15, 0.2) is 56.7 Å². The maximum Gasteiger partial charge on any atom is 0.416 e. The van der Waals surface area contributed by atoms with E-state index in [4.69, 9.17) is 0 Å². The van der Waals surface area contributed by atoms with Gasteiger partial charge in [-0.2, -0.15) is 13.2 Å². The van der Waals surface area contributed by atoms with E-state index in [2.05, 4.69) is 4.98 Å². The molecule has 0 bridgehead atoms. The number of nitrogens with one attached hydrogen (secondary N) is 1. The lowest BCUT2D eigenvalue weighted by molar-refractivity contribution is -0.137. The van der Waals surface area contributed by atoms with Crippen molar-refractivity contribution in [3.05, 3.63) is 96.5 Å². The Morgan fingerprint density at radius 2 is 1.75 bits per heavy atom. The molecule has 0 amide bonds. The van der Waals surface area contributed by atoms with Crippen LogP contribution in [-0.2, 0) is 12.7 Å². The van der Waals surface area contributed by atoms with Crippen molar-refractivity contribution in [3.8, 4) is 5.69 Å². The number of hydrogen-bond acceptors (Lipinski definition) is 4. The van der Waals surface area contributed by atoms with Crippen LogP contribution in [0.2, 0.25) is 0 Å². The normalized spacial score (nSPS) is 12.0. The Hall–Kier alpha value is -4.26. The Balaban J connectivity index is 1.91. The van der Waals surface area contributed by atoms with Crippen molar-refractivity contribution < 1.29 is 31.9 Å². The number of halogens is 5. The molecule has 2 aromatic carbocycles. The Bertz CT molecular complexity index is 1810. The van der Waals surface area contributed by atoms with Crippen molar-refractivity contribution in [2.45, 2.75) is 12.7 Å². The molecule has 184 valence electrons. The Morgan fingerprint density at radius 1 is 1.00 bits per heavy atom. The number of aromatic amines is 1. The number of nitrogens with zero attached hydrogens (tertiary/aromatic N) is 2. The van der Waals surface area contributed by atoms with Crippen molar-refractivity contribution in [3.63, 3.8) is 0 Å². The summed E-state index contributed by atoms with van der Waals surface area (Å²) >= 11 is 1.09. The average molecular weight is 521 g/mol. The second kappa shape index (κ2) is 8.16. The summed E-state index contributed by atoms with van der Waals surface area (Å²) in [4.78, 5) is 40.9. The molecule has 0 aliphatic carbocycles. The van der Waals surface area contributed by atoms with Crippen LogP contribution in [0.1, 0.15) is 21.6 Å². The van der Waals surface area contributed by atoms with Gasteiger partial charge in [0.2, 0.25) is 0 Å². The average Bonchev–Trinajstić information content (AvgIpc) is 3.39. The van der Waals surface area contributed by atoms with E-state index >= 15 is 0 Å². The van der Waals surface area contributed by atoms with E-state index in [1.807, 2.05) is 0 Å². The number of rotatable bonds is 4. The van der Waals surface area contributed by atoms with Crippen LogP contribution in [0.5, 0.6) is 0 Å². The number of H-pyrrole nitrogens is 1. The molecule has 0 unspecified atom stereocenters. The van der Waals surface area contributed by atoms with Crippen LogP contribution < -0.4 is 11.2 Å². The van der Waals surface area contributed by atoms with Gasteiger partial charge in [0.15, 0.2) is 17.3 Å². The zero-order valence-corrected chi connectivity index (χ0v) is 18.5. The third-order valence-electron chi connectivity index (χ3n) is 5.66. The zero-order valence-electron chi connectivity index (χ0n) is 17.7. The first kappa shape index (κ1) is 23.5. The largest absolute Gasteiger partial charge is 0.477 e. The molecule has 7 nitrogen and oxygen atoms in total. The fraction of sp³-hybridized carbons (Fsp3) is 0.0870. The Kier molecular flexibility index (Phi) is 5.32. The quantitative estimate of drug-likeness (QED) is 0.334. The third-order valence-corrected chi connectivity index (χ3v) is 6.40. The highest BCUT2D eigenvalue weighted by molar-refractivity contribution is 7.09. The number of carboxylic acid groups (broad SMARTS) is 1. The van der Waals surface area contributed by atoms with E-state index in [0.717, 1.165) is 34.1 Å². The van der Waals surface area contributed by atoms with Crippen molar-refractivity contribution >= 4 is 39.1 Å². The summed E-state index contributed by atoms with van der Waals surface area (Å²) in [5, 5.41) is 12.6. The summed E-state index contributed by atoms with van der Waals surface area (Å²) in [5.74, 6) is -4.02. The van der Waals surface area contributed by atoms with Crippen LogP contribution in [0, 0.1) is 11.6 Å². The molecule has 0 spiro atoms. The summed E-state index contributed by atoms with van der Waals surface area (Å²) in [6.45, 7) is -0.409. The standard InChI is InChI=1S/C23H12F5N3O4S/c24-14-3-1-10(5-15(14)25)7-30-17-4-2-11(23(26,27)28)6-12(17)18(19(30)21(33)34)31-20(32)13-8-36-9-16(13)29-22(31)35/h1-6,8-9H,7H2,(H,29,35)(H,33,34). The van der Waals surface area contributed by atoms with E-state index in [0.29, 0.717) is 16.7 Å². The molecular formula is C23H12F5N3O4S. The minimum atomic E-state index is -4.81. The van der Waals surface area contributed by atoms with Crippen molar-refractivity contribution in [2.24, 2.45) is 0 Å². The molecule has 5 aromatic rings. The van der Waals surface area contributed by atoms with Crippen molar-refractivity contribution in [2.75, 3.05) is 0 Å². The summed E-state index contributed by atoms with van der Waals surface area (Å²) in [6, 6.07) is 5.16. The molecule has 0 atom stereocenters. The van der Waals surface area contributed by atoms with Crippen molar-refractivity contribution in [1.29, 1.82) is 0 Å². The third kappa shape index (κ3) is 3.68. The number of carboxylic acids is 1. The topological polar surface area (TPSA) is 97.1 Å². The number of hydrogen-bond donors (Lipinski definition) is 2. The van der Waals surface area contributed by atoms with Gasteiger partial charge in [0.1, 0.15) is 0 Å². The van der Waals surface area contributed by atoms with Gasteiger partial charge in [0.25, 0.3) is 5.56 Å². The maximum atomic E-state index is 13.8. The maximum absolute atomic E-state index is 13.8. The van der Waals surface area contributed by atoms with Gasteiger partial charge in [-0.25, -0.2) is 22.9 Å². The van der Waals surface area contributed by atoms with Crippen molar-refractivity contribution in [1.82, 2.24) is 14.1 Å². The molecule has 0 fully saturated rings. The molecule has 0 radical (unpaired) electrons. The minimum Gasteiger partial charge on any atom is -0.477 e. The first-order valence-corrected chi connectivity index (χ1v) is 11.0. The second-order valence-electron chi connectivity index (χ2n) is 7.84. The van der Waals surface area contributed by atoms with Gasteiger partial charge in [0.05, 0.1) is 27.7 Å². The number of thiophene rings is 1. The fourth-order valence-corrected chi connectivity index (χ4v) is 4.84. The van der Waals surface area contributed by atoms with E-state index in [1.165, 1.54) is 16.8 Å². The van der Waals surface area contributed by atoms with Gasteiger partial charge >= 0.3 is 17.8 Å². The highest BCUT2D eigenvalue weighted by atomic mass is 32.1. The van der Waals surface area contributed by atoms with Crippen LogP contribution >= 0.6 is 11.3 Å². The minimum absolute atomic E-state index is 0.0319. The first-order chi connectivity index (χ1) is 17.0. The summed E-state index contributed by atoms with van der Waals surface area (Å²) < 4.78 is 69.3. The Labute approximate surface area is 200 Å². The number of aromatic carboxylic acids is 1. The van der Waals surface area contributed by atoms with Gasteiger partial charge in [0, 0.05) is 22.7 Å². The molecule has 36 heavy (non-hydrogen) atoms. The van der Waals surface area contributed by atoms with E-state index in [1.54, 1.807) is 0 Å². The van der Waals surface area contributed by atoms with E-state index in [-0.39, 0.29) is 27.4 Å². The van der Waals surface area contributed by atoms with Crippen LogP contribution in [0.3, 0.4) is 0 Å². The molecule has 0 aliphatic heterocycles. The molecule has 0 saturated heterocycles. The first-order valence-electron chi connectivity index (χ1n) is 10.1. The van der Waals surface area contributed by atoms with Gasteiger partial charge in [-0.3, -0.25) is 4.79 Å². The number of aromatic nitrogens is 3. The van der Waals surface area contributed by atoms with Crippen LogP contribution in [0.4, 0.5) is 22.0 Å². The molecule has 3 aromatic heterocycles. The van der Waals surface area contributed by atoms with Gasteiger partial charge in [-0.15, -0.1) is 11.3 Å². The van der Waals surface area contributed by atoms with Crippen LogP contribution in [-0.4, -0.2) is 25.2 Å².